The molecule has 9 heavy (non-hydrogen) atoms. The predicted octanol–water partition coefficient (Wildman–Crippen LogP) is 2.83. The first-order valence-electron chi connectivity index (χ1n) is 2.34. The highest BCUT2D eigenvalue weighted by atomic mass is 32.3. The molecule has 0 atom stereocenters. The van der Waals surface area contributed by atoms with Crippen LogP contribution < -0.4 is 0 Å². The lowest BCUT2D eigenvalue weighted by Gasteiger charge is -2.19. The van der Waals surface area contributed by atoms with Gasteiger partial charge in [-0.05, 0) is 6.92 Å². The van der Waals surface area contributed by atoms with Gasteiger partial charge in [0.2, 0.25) is 0 Å². The Kier molecular flexibility index (Phi) is 6.46. The van der Waals surface area contributed by atoms with Crippen molar-refractivity contribution in [2.24, 2.45) is 0 Å². The largest absolute Gasteiger partial charge is 0.168 e. The van der Waals surface area contributed by atoms with Crippen LogP contribution in [0.1, 0.15) is 6.92 Å². The van der Waals surface area contributed by atoms with E-state index in [-0.39, 0.29) is 3.41 Å². The lowest BCUT2D eigenvalue weighted by atomic mass is 10.9. The Bertz CT molecular complexity index is 63.4. The van der Waals surface area contributed by atoms with Crippen LogP contribution in [0.2, 0.25) is 0 Å². The molecular weight excluding hydrogens is 208 g/mol. The second-order valence-electron chi connectivity index (χ2n) is 1.44. The van der Waals surface area contributed by atoms with Crippen molar-refractivity contribution >= 4 is 61.4 Å². The summed E-state index contributed by atoms with van der Waals surface area (Å²) in [6.07, 6.45) is 0. The van der Waals surface area contributed by atoms with Gasteiger partial charge in [-0.25, -0.2) is 0 Å². The third kappa shape index (κ3) is 6.16. The van der Waals surface area contributed by atoms with Crippen molar-refractivity contribution in [3.8, 4) is 0 Å². The molecule has 0 heterocycles. The molecule has 0 saturated heterocycles. The molecule has 56 valence electrons. The average Bonchev–Trinajstić information content (AvgIpc) is 1.64. The third-order valence-corrected chi connectivity index (χ3v) is 4.25. The Balaban J connectivity index is 3.43. The molecule has 0 bridgehead atoms. The molecule has 0 radical (unpaired) electrons. The van der Waals surface area contributed by atoms with Gasteiger partial charge in [-0.1, -0.05) is 0 Å². The molecule has 0 aromatic heterocycles. The lowest BCUT2D eigenvalue weighted by molar-refractivity contribution is 1.34. The second-order valence-corrected chi connectivity index (χ2v) is 7.48. The van der Waals surface area contributed by atoms with Crippen LogP contribution in [-0.4, -0.2) is 13.6 Å². The van der Waals surface area contributed by atoms with Crippen LogP contribution in [-0.2, 0) is 0 Å². The zero-order valence-electron chi connectivity index (χ0n) is 5.07. The summed E-state index contributed by atoms with van der Waals surface area (Å²) in [7, 11) is 0. The van der Waals surface area contributed by atoms with Gasteiger partial charge in [0.25, 0.3) is 0 Å². The Hall–Kier alpha value is 1.75. The fourth-order valence-electron chi connectivity index (χ4n) is 0.281. The van der Waals surface area contributed by atoms with E-state index >= 15 is 0 Å². The SMILES string of the molecule is CC(S)(SCS)SCS. The summed E-state index contributed by atoms with van der Waals surface area (Å²) < 4.78 is -0.0243. The summed E-state index contributed by atoms with van der Waals surface area (Å²) in [4.78, 5) is 0. The molecule has 0 rings (SSSR count). The minimum atomic E-state index is -0.0243. The van der Waals surface area contributed by atoms with Gasteiger partial charge in [0, 0.05) is 10.2 Å². The van der Waals surface area contributed by atoms with Gasteiger partial charge >= 0.3 is 0 Å². The summed E-state index contributed by atoms with van der Waals surface area (Å²) in [6, 6.07) is 0. The van der Waals surface area contributed by atoms with Crippen molar-refractivity contribution in [3.05, 3.63) is 0 Å². The van der Waals surface area contributed by atoms with Gasteiger partial charge in [0.1, 0.15) is 3.41 Å². The fraction of sp³-hybridized carbons (Fsp3) is 1.00. The molecule has 0 aliphatic heterocycles. The van der Waals surface area contributed by atoms with Gasteiger partial charge in [0.05, 0.1) is 0 Å². The zero-order valence-corrected chi connectivity index (χ0v) is 9.39. The Morgan fingerprint density at radius 2 is 1.56 bits per heavy atom. The topological polar surface area (TPSA) is 0 Å². The summed E-state index contributed by atoms with van der Waals surface area (Å²) in [5.74, 6) is 0. The molecule has 0 aromatic rings. The van der Waals surface area contributed by atoms with E-state index in [1.807, 2.05) is 0 Å². The number of thiol groups is 3. The molecular formula is C4H10S5. The van der Waals surface area contributed by atoms with Gasteiger partial charge in [-0.15, -0.1) is 23.5 Å². The quantitative estimate of drug-likeness (QED) is 0.490. The molecule has 0 unspecified atom stereocenters. The Labute approximate surface area is 81.5 Å². The van der Waals surface area contributed by atoms with E-state index in [4.69, 9.17) is 0 Å². The van der Waals surface area contributed by atoms with Crippen molar-refractivity contribution in [2.45, 2.75) is 10.3 Å². The van der Waals surface area contributed by atoms with Gasteiger partial charge in [-0.2, -0.15) is 37.9 Å². The Morgan fingerprint density at radius 3 is 1.78 bits per heavy atom. The zero-order chi connectivity index (χ0) is 7.33. The van der Waals surface area contributed by atoms with Gasteiger partial charge in [-0.3, -0.25) is 0 Å². The van der Waals surface area contributed by atoms with Crippen molar-refractivity contribution in [1.29, 1.82) is 0 Å². The number of hydrogen-bond acceptors (Lipinski definition) is 5. The van der Waals surface area contributed by atoms with E-state index in [2.05, 4.69) is 44.8 Å². The molecule has 0 aliphatic rings. The minimum Gasteiger partial charge on any atom is -0.168 e. The summed E-state index contributed by atoms with van der Waals surface area (Å²) in [6.45, 7) is 2.05. The standard InChI is InChI=1S/C4H10S5/c1-4(7,8-2-5)9-3-6/h5-7H,2-3H2,1H3. The van der Waals surface area contributed by atoms with Crippen LogP contribution in [0.3, 0.4) is 0 Å². The fourth-order valence-corrected chi connectivity index (χ4v) is 4.52. The highest BCUT2D eigenvalue weighted by molar-refractivity contribution is 8.33. The highest BCUT2D eigenvalue weighted by Gasteiger charge is 2.17. The first-order valence-corrected chi connectivity index (χ1v) is 6.02. The van der Waals surface area contributed by atoms with Crippen molar-refractivity contribution < 1.29 is 0 Å². The van der Waals surface area contributed by atoms with E-state index in [1.165, 1.54) is 0 Å². The molecule has 0 nitrogen and oxygen atoms in total. The second kappa shape index (κ2) is 5.41. The maximum absolute atomic E-state index is 4.38. The first kappa shape index (κ1) is 10.8. The number of hydrogen-bond donors (Lipinski definition) is 3. The van der Waals surface area contributed by atoms with Gasteiger partial charge < -0.3 is 0 Å². The van der Waals surface area contributed by atoms with E-state index in [1.54, 1.807) is 23.5 Å². The van der Waals surface area contributed by atoms with Crippen molar-refractivity contribution in [1.82, 2.24) is 0 Å². The van der Waals surface area contributed by atoms with Crippen LogP contribution in [0, 0.1) is 0 Å². The monoisotopic (exact) mass is 218 g/mol. The van der Waals surface area contributed by atoms with Crippen LogP contribution in [0.4, 0.5) is 0 Å². The van der Waals surface area contributed by atoms with Crippen LogP contribution in [0.15, 0.2) is 0 Å². The number of rotatable bonds is 4. The highest BCUT2D eigenvalue weighted by Crippen LogP contribution is 2.40. The Morgan fingerprint density at radius 1 is 1.22 bits per heavy atom. The van der Waals surface area contributed by atoms with Crippen LogP contribution in [0.25, 0.3) is 0 Å². The smallest absolute Gasteiger partial charge is 0.102 e. The van der Waals surface area contributed by atoms with E-state index < -0.39 is 0 Å². The van der Waals surface area contributed by atoms with Crippen LogP contribution in [0.5, 0.6) is 0 Å². The lowest BCUT2D eigenvalue weighted by Crippen LogP contribution is -2.04. The van der Waals surface area contributed by atoms with Gasteiger partial charge in [0.15, 0.2) is 0 Å². The first-order chi connectivity index (χ1) is 4.12. The molecule has 0 amide bonds. The molecule has 0 saturated carbocycles. The molecule has 0 aliphatic carbocycles. The normalized spacial score (nSPS) is 12.0. The van der Waals surface area contributed by atoms with Crippen LogP contribution >= 0.6 is 61.4 Å². The maximum Gasteiger partial charge on any atom is 0.102 e. The molecule has 0 N–H and O–H groups in total. The molecule has 0 spiro atoms. The molecule has 0 fully saturated rings. The van der Waals surface area contributed by atoms with E-state index in [0.717, 1.165) is 10.2 Å². The average molecular weight is 218 g/mol. The van der Waals surface area contributed by atoms with Crippen molar-refractivity contribution in [3.63, 3.8) is 0 Å². The van der Waals surface area contributed by atoms with Crippen molar-refractivity contribution in [2.75, 3.05) is 10.2 Å². The molecule has 5 heteroatoms. The third-order valence-electron chi connectivity index (χ3n) is 0.665. The predicted molar refractivity (Wildman–Crippen MR) is 60.3 cm³/mol. The summed E-state index contributed by atoms with van der Waals surface area (Å²) in [5, 5.41) is 1.61. The minimum absolute atomic E-state index is 0.0243. The summed E-state index contributed by atoms with van der Waals surface area (Å²) in [5.41, 5.74) is 0. The summed E-state index contributed by atoms with van der Waals surface area (Å²) >= 11 is 15.9. The van der Waals surface area contributed by atoms with E-state index in [9.17, 15) is 0 Å². The maximum atomic E-state index is 4.38. The number of thioether (sulfide) groups is 2. The molecule has 0 aromatic carbocycles. The van der Waals surface area contributed by atoms with E-state index in [0.29, 0.717) is 0 Å².